The lowest BCUT2D eigenvalue weighted by molar-refractivity contribution is -0.148. The summed E-state index contributed by atoms with van der Waals surface area (Å²) in [6.07, 6.45) is -0.478. The number of thioether (sulfide) groups is 2. The molecule has 111 heavy (non-hydrogen) atoms. The summed E-state index contributed by atoms with van der Waals surface area (Å²) < 4.78 is 0. The van der Waals surface area contributed by atoms with Crippen molar-refractivity contribution in [1.29, 1.82) is 0 Å². The van der Waals surface area contributed by atoms with Crippen LogP contribution >= 0.6 is 23.5 Å². The van der Waals surface area contributed by atoms with Crippen molar-refractivity contribution in [3.63, 3.8) is 0 Å². The van der Waals surface area contributed by atoms with E-state index in [-0.39, 0.29) is 126 Å². The molecule has 2 aromatic rings. The maximum Gasteiger partial charge on any atom is 0.317 e. The van der Waals surface area contributed by atoms with E-state index in [2.05, 4.69) is 32.7 Å². The van der Waals surface area contributed by atoms with Crippen LogP contribution in [0.1, 0.15) is 120 Å². The second kappa shape index (κ2) is 45.2. The first-order valence-electron chi connectivity index (χ1n) is 38.3. The smallest absolute Gasteiger partial charge is 0.317 e. The van der Waals surface area contributed by atoms with Gasteiger partial charge in [-0.1, -0.05) is 74.9 Å². The molecule has 2 aromatic carbocycles. The molecule has 4 fully saturated rings. The lowest BCUT2D eigenvalue weighted by Gasteiger charge is -2.37. The first-order chi connectivity index (χ1) is 52.9. The number of hydrogen-bond acceptors (Lipinski definition) is 23. The van der Waals surface area contributed by atoms with Gasteiger partial charge in [0, 0.05) is 147 Å². The Hall–Kier alpha value is -8.58. The zero-order valence-corrected chi connectivity index (χ0v) is 65.3. The Morgan fingerprint density at radius 3 is 1.70 bits per heavy atom. The van der Waals surface area contributed by atoms with Gasteiger partial charge in [0.05, 0.1) is 62.3 Å². The number of aliphatic hydroxyl groups excluding tert-OH is 2. The number of aliphatic carboxylic acids is 3. The molecule has 7 rings (SSSR count). The Bertz CT molecular complexity index is 3560. The molecule has 0 saturated carbocycles. The molecule has 33 nitrogen and oxygen atoms in total. The number of carbonyl (C=O) groups excluding carboxylic acids is 11. The van der Waals surface area contributed by atoms with Crippen molar-refractivity contribution in [3.8, 4) is 0 Å². The topological polar surface area (TPSA) is 466 Å². The van der Waals surface area contributed by atoms with E-state index in [0.717, 1.165) is 29.5 Å². The van der Waals surface area contributed by atoms with Gasteiger partial charge >= 0.3 is 17.9 Å². The van der Waals surface area contributed by atoms with Crippen molar-refractivity contribution in [3.05, 3.63) is 83.1 Å². The molecule has 0 spiro atoms. The number of carbonyl (C=O) groups is 14. The molecule has 0 aliphatic carbocycles. The molecule has 9 amide bonds. The molecule has 0 radical (unpaired) electrons. The van der Waals surface area contributed by atoms with Crippen LogP contribution in [-0.2, 0) is 91.6 Å². The van der Waals surface area contributed by atoms with E-state index in [1.54, 1.807) is 45.0 Å². The number of rotatable bonds is 27. The van der Waals surface area contributed by atoms with Gasteiger partial charge in [0.15, 0.2) is 5.78 Å². The molecule has 9 atom stereocenters. The number of carboxylic acids is 3. The predicted molar refractivity (Wildman–Crippen MR) is 413 cm³/mol. The number of unbranched alkanes of at least 4 members (excludes halogenated alkanes) is 2. The number of primary amides is 2. The van der Waals surface area contributed by atoms with Crippen molar-refractivity contribution in [2.75, 3.05) is 129 Å². The summed E-state index contributed by atoms with van der Waals surface area (Å²) >= 11 is 2.66. The zero-order chi connectivity index (χ0) is 80.8. The van der Waals surface area contributed by atoms with Crippen LogP contribution in [0.3, 0.4) is 0 Å². The van der Waals surface area contributed by atoms with Crippen molar-refractivity contribution < 1.29 is 92.7 Å². The Kier molecular flexibility index (Phi) is 36.5. The van der Waals surface area contributed by atoms with Gasteiger partial charge < -0.3 is 73.0 Å². The number of nitrogens with zero attached hydrogens (tertiary/aromatic N) is 8. The Balaban J connectivity index is 1.21. The molecule has 612 valence electrons. The van der Waals surface area contributed by atoms with Gasteiger partial charge in [0.25, 0.3) is 0 Å². The van der Waals surface area contributed by atoms with E-state index in [1.165, 1.54) is 40.2 Å². The minimum absolute atomic E-state index is 0.0130. The second-order valence-electron chi connectivity index (χ2n) is 29.6. The van der Waals surface area contributed by atoms with Gasteiger partial charge in [0.1, 0.15) is 36.0 Å². The van der Waals surface area contributed by atoms with E-state index in [1.807, 2.05) is 34.9 Å². The van der Waals surface area contributed by atoms with Crippen LogP contribution in [0.15, 0.2) is 60.9 Å². The average Bonchev–Trinajstić information content (AvgIpc) is 1.70. The standard InChI is InChI=1S/C76H112N14O19S2/c1-4-5-7-14-57(93)37-56-48-111-46-54-34-52(41-84-29-31-88(32-30-84)65(96)42-85-23-21-83(40-49(2)91)22-25-86(43-67(99)100)27-28-87(26-24-85)44-68(101)102)33-53(35-54)45-110-47-55(71(104)81-60(70(78)103)39-66(97)98)38-63(94)59(36-51-12-8-6-9-13-51)80-72(105)58(17-18-64(77)95)79-74(107)69(50(3)92)82-73(106)61-15-10-19-89(61)76(109)62-16-11-20-90(62)75(56)108/h6,8-9,12-13,33-35,50,55-56,58-62,69,91-92H,2,4-5,7,10-11,14-32,36-48H2,1,3H3,(H2,77,95)(H2,78,103)(H,79,107)(H,80,105)(H,81,104)(H,82,106)(H,97,98)(H,99,100)(H,101,102)/t50-,55+,56+,58+,59+,60+,61+,62+,69+/m1/s1. The van der Waals surface area contributed by atoms with Crippen LogP contribution in [0.5, 0.6) is 0 Å². The second-order valence-corrected chi connectivity index (χ2v) is 31.6. The molecule has 2 bridgehead atoms. The molecular weight excluding hydrogens is 1480 g/mol. The molecule has 4 saturated heterocycles. The van der Waals surface area contributed by atoms with Gasteiger partial charge in [0.2, 0.25) is 53.2 Å². The molecule has 0 aromatic heterocycles. The fourth-order valence-electron chi connectivity index (χ4n) is 14.6. The summed E-state index contributed by atoms with van der Waals surface area (Å²) in [4.78, 5) is 206. The van der Waals surface area contributed by atoms with Crippen LogP contribution in [0.4, 0.5) is 0 Å². The minimum Gasteiger partial charge on any atom is -0.512 e. The lowest BCUT2D eigenvalue weighted by atomic mass is 9.94. The summed E-state index contributed by atoms with van der Waals surface area (Å²) in [5, 5.41) is 60.8. The quantitative estimate of drug-likeness (QED) is 0.0407. The van der Waals surface area contributed by atoms with E-state index < -0.39 is 151 Å². The van der Waals surface area contributed by atoms with E-state index in [4.69, 9.17) is 11.5 Å². The summed E-state index contributed by atoms with van der Waals surface area (Å²) in [7, 11) is 0. The fourth-order valence-corrected chi connectivity index (χ4v) is 16.8. The molecule has 5 heterocycles. The number of amides is 9. The molecule has 5 aliphatic heterocycles. The minimum atomic E-state index is -1.75. The Labute approximate surface area is 656 Å². The molecule has 35 heteroatoms. The summed E-state index contributed by atoms with van der Waals surface area (Å²) in [5.74, 6) is -12.9. The number of nitrogens with one attached hydrogen (secondary N) is 4. The third-order valence-electron chi connectivity index (χ3n) is 20.6. The molecule has 5 aliphatic rings. The van der Waals surface area contributed by atoms with Gasteiger partial charge in [-0.15, -0.1) is 0 Å². The monoisotopic (exact) mass is 1590 g/mol. The van der Waals surface area contributed by atoms with Crippen molar-refractivity contribution >= 4 is 106 Å². The largest absolute Gasteiger partial charge is 0.512 e. The molecule has 13 N–H and O–H groups in total. The summed E-state index contributed by atoms with van der Waals surface area (Å²) in [6, 6.07) is 5.77. The van der Waals surface area contributed by atoms with E-state index in [0.29, 0.717) is 96.0 Å². The van der Waals surface area contributed by atoms with Crippen LogP contribution < -0.4 is 32.7 Å². The Morgan fingerprint density at radius 1 is 0.604 bits per heavy atom. The first kappa shape index (κ1) is 89.6. The fraction of sp³-hybridized carbons (Fsp3) is 0.632. The number of benzene rings is 2. The summed E-state index contributed by atoms with van der Waals surface area (Å²) in [6.45, 7) is 11.4. The number of ketones is 2. The van der Waals surface area contributed by atoms with Crippen LogP contribution in [0.25, 0.3) is 0 Å². The molecular formula is C76H112N14O19S2. The lowest BCUT2D eigenvalue weighted by Crippen LogP contribution is -2.61. The maximum absolute atomic E-state index is 15.1. The van der Waals surface area contributed by atoms with E-state index in [9.17, 15) is 83.1 Å². The number of hydrogen-bond donors (Lipinski definition) is 11. The van der Waals surface area contributed by atoms with Crippen molar-refractivity contribution in [2.45, 2.75) is 164 Å². The number of Topliss-reactive ketones (excluding diaryl/α,β-unsaturated/α-hetero) is 2. The van der Waals surface area contributed by atoms with Crippen molar-refractivity contribution in [1.82, 2.24) is 60.5 Å². The highest BCUT2D eigenvalue weighted by molar-refractivity contribution is 7.98. The predicted octanol–water partition coefficient (Wildman–Crippen LogP) is -0.225. The number of nitrogens with two attached hydrogens (primary N) is 2. The van der Waals surface area contributed by atoms with Crippen LogP contribution in [-0.4, -0.2) is 319 Å². The maximum atomic E-state index is 15.1. The zero-order valence-electron chi connectivity index (χ0n) is 63.7. The normalized spacial score (nSPS) is 23.7. The SMILES string of the molecule is C=C(O)CN1CCN(CC(=O)O)CCN(CC(=O)O)CCN(CC(=O)N2CCN(Cc3cc4cc(c3)CSC[C@H](CC(=O)CCCCC)C(=O)N3CCC[C@H]3C(=O)N3CCC[C@H]3C(=O)N[C@@H]([C@@H](C)O)C(=O)N[C@@H](CCC(N)=O)C(=O)N[C@@H](Cc3ccccc3)C(=O)C[C@H](C(=O)N[C@@H](CC(=O)O)C(N)=O)CSC4)CC2)CC1. The molecule has 0 unspecified atom stereocenters. The third kappa shape index (κ3) is 29.8. The van der Waals surface area contributed by atoms with Crippen LogP contribution in [0, 0.1) is 11.8 Å². The van der Waals surface area contributed by atoms with E-state index >= 15 is 9.59 Å². The van der Waals surface area contributed by atoms with Gasteiger partial charge in [-0.25, -0.2) is 0 Å². The Morgan fingerprint density at radius 2 is 1.15 bits per heavy atom. The number of carboxylic acid groups (broad SMARTS) is 3. The number of aliphatic hydroxyl groups is 2. The van der Waals surface area contributed by atoms with Gasteiger partial charge in [-0.2, -0.15) is 23.5 Å². The van der Waals surface area contributed by atoms with Crippen LogP contribution in [0.2, 0.25) is 0 Å². The highest BCUT2D eigenvalue weighted by Gasteiger charge is 2.45. The van der Waals surface area contributed by atoms with Crippen molar-refractivity contribution in [2.24, 2.45) is 23.3 Å². The highest BCUT2D eigenvalue weighted by Crippen LogP contribution is 2.31. The third-order valence-corrected chi connectivity index (χ3v) is 22.9. The number of piperazine rings is 1. The van der Waals surface area contributed by atoms with Gasteiger partial charge in [-0.3, -0.25) is 91.6 Å². The van der Waals surface area contributed by atoms with Gasteiger partial charge in [-0.05, 0) is 74.1 Å². The summed E-state index contributed by atoms with van der Waals surface area (Å²) in [5.41, 5.74) is 14.2. The number of fused-ring (bicyclic) bond motifs is 4. The first-order valence-corrected chi connectivity index (χ1v) is 40.6. The average molecular weight is 1590 g/mol. The highest BCUT2D eigenvalue weighted by atomic mass is 32.2.